The van der Waals surface area contributed by atoms with E-state index in [9.17, 15) is 18.0 Å². The number of halogens is 3. The summed E-state index contributed by atoms with van der Waals surface area (Å²) in [6, 6.07) is 2.59. The first kappa shape index (κ1) is 15.3. The van der Waals surface area contributed by atoms with Crippen molar-refractivity contribution in [2.45, 2.75) is 19.2 Å². The number of nitrogens with two attached hydrogens (primary N) is 1. The molecule has 1 aromatic carbocycles. The minimum Gasteiger partial charge on any atom is -0.398 e. The Labute approximate surface area is 108 Å². The van der Waals surface area contributed by atoms with Crippen LogP contribution in [-0.4, -0.2) is 35.6 Å². The van der Waals surface area contributed by atoms with Crippen LogP contribution >= 0.6 is 0 Å². The Balaban J connectivity index is 3.09. The Hall–Kier alpha value is -1.76. The SMILES string of the molecule is CC(O)CN(C)C(=O)c1cc(C(F)(F)F)ccc1N. The second kappa shape index (κ2) is 5.48. The van der Waals surface area contributed by atoms with Crippen molar-refractivity contribution in [1.29, 1.82) is 0 Å². The smallest absolute Gasteiger partial charge is 0.398 e. The zero-order chi connectivity index (χ0) is 14.8. The van der Waals surface area contributed by atoms with Crippen LogP contribution in [0.4, 0.5) is 18.9 Å². The largest absolute Gasteiger partial charge is 0.416 e. The third-order valence-electron chi connectivity index (χ3n) is 2.50. The average Bonchev–Trinajstić information content (AvgIpc) is 2.26. The molecule has 1 rings (SSSR count). The Kier molecular flexibility index (Phi) is 4.41. The maximum absolute atomic E-state index is 12.6. The second-order valence-electron chi connectivity index (χ2n) is 4.33. The van der Waals surface area contributed by atoms with E-state index in [-0.39, 0.29) is 17.8 Å². The predicted octanol–water partition coefficient (Wildman–Crippen LogP) is 1.74. The molecule has 106 valence electrons. The molecule has 7 heteroatoms. The molecule has 0 aliphatic rings. The number of carbonyl (C=O) groups excluding carboxylic acids is 1. The van der Waals surface area contributed by atoms with Crippen LogP contribution < -0.4 is 5.73 Å². The number of rotatable bonds is 3. The standard InChI is InChI=1S/C12H15F3N2O2/c1-7(18)6-17(2)11(19)9-5-8(12(13,14)15)3-4-10(9)16/h3-5,7,18H,6,16H2,1-2H3. The number of hydrogen-bond acceptors (Lipinski definition) is 3. The Bertz CT molecular complexity index is 473. The molecule has 0 aromatic heterocycles. The van der Waals surface area contributed by atoms with Crippen LogP contribution in [0.15, 0.2) is 18.2 Å². The van der Waals surface area contributed by atoms with Gasteiger partial charge in [-0.1, -0.05) is 0 Å². The first-order chi connectivity index (χ1) is 8.62. The number of hydrogen-bond donors (Lipinski definition) is 2. The van der Waals surface area contributed by atoms with Gasteiger partial charge in [0.15, 0.2) is 0 Å². The molecule has 0 heterocycles. The summed E-state index contributed by atoms with van der Waals surface area (Å²) in [6.07, 6.45) is -5.31. The fourth-order valence-corrected chi connectivity index (χ4v) is 1.60. The van der Waals surface area contributed by atoms with Crippen molar-refractivity contribution in [3.8, 4) is 0 Å². The summed E-state index contributed by atoms with van der Waals surface area (Å²) >= 11 is 0. The number of carbonyl (C=O) groups is 1. The number of amides is 1. The van der Waals surface area contributed by atoms with Crippen LogP contribution in [0.2, 0.25) is 0 Å². The van der Waals surface area contributed by atoms with Crippen LogP contribution in [0.5, 0.6) is 0 Å². The third kappa shape index (κ3) is 3.85. The van der Waals surface area contributed by atoms with Crippen LogP contribution in [-0.2, 0) is 6.18 Å². The molecule has 0 spiro atoms. The molecule has 0 bridgehead atoms. The highest BCUT2D eigenvalue weighted by Crippen LogP contribution is 2.31. The molecule has 0 fully saturated rings. The lowest BCUT2D eigenvalue weighted by Gasteiger charge is -2.20. The maximum Gasteiger partial charge on any atom is 0.416 e. The van der Waals surface area contributed by atoms with E-state index in [0.29, 0.717) is 0 Å². The van der Waals surface area contributed by atoms with E-state index >= 15 is 0 Å². The third-order valence-corrected chi connectivity index (χ3v) is 2.50. The fourth-order valence-electron chi connectivity index (χ4n) is 1.60. The van der Waals surface area contributed by atoms with Gasteiger partial charge in [0.25, 0.3) is 5.91 Å². The van der Waals surface area contributed by atoms with E-state index in [0.717, 1.165) is 23.1 Å². The topological polar surface area (TPSA) is 66.6 Å². The molecule has 3 N–H and O–H groups in total. The van der Waals surface area contributed by atoms with E-state index in [4.69, 9.17) is 10.8 Å². The second-order valence-corrected chi connectivity index (χ2v) is 4.33. The predicted molar refractivity (Wildman–Crippen MR) is 64.5 cm³/mol. The molecule has 1 amide bonds. The molecule has 1 aromatic rings. The quantitative estimate of drug-likeness (QED) is 0.826. The van der Waals surface area contributed by atoms with Gasteiger partial charge in [-0.25, -0.2) is 0 Å². The monoisotopic (exact) mass is 276 g/mol. The van der Waals surface area contributed by atoms with Gasteiger partial charge in [-0.3, -0.25) is 4.79 Å². The summed E-state index contributed by atoms with van der Waals surface area (Å²) in [6.45, 7) is 1.48. The lowest BCUT2D eigenvalue weighted by atomic mass is 10.1. The summed E-state index contributed by atoms with van der Waals surface area (Å²) in [5.41, 5.74) is 4.33. The number of anilines is 1. The van der Waals surface area contributed by atoms with Gasteiger partial charge in [0, 0.05) is 19.3 Å². The average molecular weight is 276 g/mol. The Morgan fingerprint density at radius 1 is 1.47 bits per heavy atom. The highest BCUT2D eigenvalue weighted by atomic mass is 19.4. The highest BCUT2D eigenvalue weighted by molar-refractivity contribution is 5.99. The van der Waals surface area contributed by atoms with Crippen molar-refractivity contribution in [1.82, 2.24) is 4.90 Å². The van der Waals surface area contributed by atoms with Gasteiger partial charge in [0.05, 0.1) is 17.2 Å². The lowest BCUT2D eigenvalue weighted by Crippen LogP contribution is -2.33. The molecule has 1 atom stereocenters. The van der Waals surface area contributed by atoms with Crippen molar-refractivity contribution in [2.75, 3.05) is 19.3 Å². The van der Waals surface area contributed by atoms with Gasteiger partial charge in [-0.2, -0.15) is 13.2 Å². The van der Waals surface area contributed by atoms with Crippen LogP contribution in [0, 0.1) is 0 Å². The molecule has 0 aliphatic heterocycles. The van der Waals surface area contributed by atoms with Gasteiger partial charge in [0.1, 0.15) is 0 Å². The number of alkyl halides is 3. The lowest BCUT2D eigenvalue weighted by molar-refractivity contribution is -0.137. The molecule has 0 aliphatic carbocycles. The van der Waals surface area contributed by atoms with E-state index in [1.807, 2.05) is 0 Å². The van der Waals surface area contributed by atoms with E-state index in [1.165, 1.54) is 14.0 Å². The summed E-state index contributed by atoms with van der Waals surface area (Å²) < 4.78 is 37.7. The zero-order valence-electron chi connectivity index (χ0n) is 10.5. The van der Waals surface area contributed by atoms with Gasteiger partial charge in [-0.15, -0.1) is 0 Å². The van der Waals surface area contributed by atoms with Crippen LogP contribution in [0.1, 0.15) is 22.8 Å². The van der Waals surface area contributed by atoms with Gasteiger partial charge < -0.3 is 15.7 Å². The number of benzene rings is 1. The first-order valence-electron chi connectivity index (χ1n) is 5.53. The number of aliphatic hydroxyl groups is 1. The maximum atomic E-state index is 12.6. The fraction of sp³-hybridized carbons (Fsp3) is 0.417. The van der Waals surface area contributed by atoms with Crippen molar-refractivity contribution >= 4 is 11.6 Å². The van der Waals surface area contributed by atoms with E-state index in [1.54, 1.807) is 0 Å². The summed E-state index contributed by atoms with van der Waals surface area (Å²) in [7, 11) is 1.38. The molecular formula is C12H15F3N2O2. The summed E-state index contributed by atoms with van der Waals surface area (Å²) in [4.78, 5) is 13.1. The Morgan fingerprint density at radius 3 is 2.53 bits per heavy atom. The minimum absolute atomic E-state index is 0.00845. The Morgan fingerprint density at radius 2 is 2.05 bits per heavy atom. The van der Waals surface area contributed by atoms with E-state index < -0.39 is 23.8 Å². The number of aliphatic hydroxyl groups excluding tert-OH is 1. The normalized spacial score (nSPS) is 13.2. The van der Waals surface area contributed by atoms with Crippen molar-refractivity contribution in [2.24, 2.45) is 0 Å². The first-order valence-corrected chi connectivity index (χ1v) is 5.53. The van der Waals surface area contributed by atoms with Crippen LogP contribution in [0.3, 0.4) is 0 Å². The molecule has 19 heavy (non-hydrogen) atoms. The molecule has 0 saturated heterocycles. The number of likely N-dealkylation sites (N-methyl/N-ethyl adjacent to an activating group) is 1. The van der Waals surface area contributed by atoms with Crippen molar-refractivity contribution in [3.63, 3.8) is 0 Å². The molecular weight excluding hydrogens is 261 g/mol. The summed E-state index contributed by atoms with van der Waals surface area (Å²) in [5.74, 6) is -0.663. The van der Waals surface area contributed by atoms with Crippen molar-refractivity contribution < 1.29 is 23.1 Å². The highest BCUT2D eigenvalue weighted by Gasteiger charge is 2.32. The van der Waals surface area contributed by atoms with Crippen LogP contribution in [0.25, 0.3) is 0 Å². The number of nitrogen functional groups attached to an aromatic ring is 1. The summed E-state index contributed by atoms with van der Waals surface area (Å²) in [5, 5.41) is 9.17. The van der Waals surface area contributed by atoms with Crippen molar-refractivity contribution in [3.05, 3.63) is 29.3 Å². The van der Waals surface area contributed by atoms with Gasteiger partial charge in [-0.05, 0) is 25.1 Å². The molecule has 1 unspecified atom stereocenters. The molecule has 4 nitrogen and oxygen atoms in total. The minimum atomic E-state index is -4.54. The molecule has 0 radical (unpaired) electrons. The van der Waals surface area contributed by atoms with Gasteiger partial charge in [0.2, 0.25) is 0 Å². The van der Waals surface area contributed by atoms with E-state index in [2.05, 4.69) is 0 Å². The van der Waals surface area contributed by atoms with Gasteiger partial charge >= 0.3 is 6.18 Å². The molecule has 0 saturated carbocycles. The zero-order valence-corrected chi connectivity index (χ0v) is 10.5. The number of nitrogens with zero attached hydrogens (tertiary/aromatic N) is 1.